The number of imide groups is 1. The van der Waals surface area contributed by atoms with Crippen molar-refractivity contribution in [1.29, 1.82) is 0 Å². The van der Waals surface area contributed by atoms with Crippen molar-refractivity contribution in [3.63, 3.8) is 0 Å². The van der Waals surface area contributed by atoms with E-state index in [-0.39, 0.29) is 39.7 Å². The zero-order valence-corrected chi connectivity index (χ0v) is 19.1. The first-order valence-electron chi connectivity index (χ1n) is 9.43. The van der Waals surface area contributed by atoms with Crippen molar-refractivity contribution in [2.24, 2.45) is 0 Å². The molecule has 166 valence electrons. The molecule has 0 atom stereocenters. The fourth-order valence-electron chi connectivity index (χ4n) is 3.16. The van der Waals surface area contributed by atoms with Crippen LogP contribution < -0.4 is 0 Å². The van der Waals surface area contributed by atoms with Gasteiger partial charge in [0.2, 0.25) is 0 Å². The molecule has 1 fully saturated rings. The fourth-order valence-corrected chi connectivity index (χ4v) is 4.39. The number of amides is 2. The van der Waals surface area contributed by atoms with Gasteiger partial charge in [0.25, 0.3) is 11.1 Å². The summed E-state index contributed by atoms with van der Waals surface area (Å²) in [5.41, 5.74) is 0.648. The molecule has 2 N–H and O–H groups in total. The quantitative estimate of drug-likeness (QED) is 0.411. The van der Waals surface area contributed by atoms with E-state index in [0.717, 1.165) is 32.8 Å². The second-order valence-corrected chi connectivity index (χ2v) is 8.82. The molecule has 1 aromatic heterocycles. The lowest BCUT2D eigenvalue weighted by Crippen LogP contribution is -2.27. The third-order valence-corrected chi connectivity index (χ3v) is 6.45. The van der Waals surface area contributed by atoms with E-state index in [2.05, 4.69) is 15.9 Å². The van der Waals surface area contributed by atoms with Crippen LogP contribution in [0.3, 0.4) is 0 Å². The summed E-state index contributed by atoms with van der Waals surface area (Å²) < 4.78 is 6.48. The number of aromatic carboxylic acids is 2. The van der Waals surface area contributed by atoms with Crippen LogP contribution >= 0.6 is 27.7 Å². The lowest BCUT2D eigenvalue weighted by Gasteiger charge is -2.13. The summed E-state index contributed by atoms with van der Waals surface area (Å²) in [5, 5.41) is 18.1. The Balaban J connectivity index is 1.60. The van der Waals surface area contributed by atoms with Gasteiger partial charge in [-0.25, -0.2) is 9.59 Å². The summed E-state index contributed by atoms with van der Waals surface area (Å²) in [6, 6.07) is 14.0. The number of rotatable bonds is 6. The Bertz CT molecular complexity index is 1310. The second-order valence-electron chi connectivity index (χ2n) is 6.97. The third-order valence-electron chi connectivity index (χ3n) is 4.77. The van der Waals surface area contributed by atoms with Gasteiger partial charge in [0.05, 0.1) is 22.6 Å². The van der Waals surface area contributed by atoms with Crippen LogP contribution in [-0.4, -0.2) is 38.2 Å². The number of carbonyl (C=O) groups is 4. The van der Waals surface area contributed by atoms with E-state index in [1.807, 2.05) is 24.3 Å². The van der Waals surface area contributed by atoms with Crippen molar-refractivity contribution in [3.05, 3.63) is 86.4 Å². The van der Waals surface area contributed by atoms with Gasteiger partial charge in [-0.1, -0.05) is 34.1 Å². The molecule has 8 nitrogen and oxygen atoms in total. The maximum atomic E-state index is 12.8. The number of carboxylic acids is 2. The molecule has 0 radical (unpaired) electrons. The van der Waals surface area contributed by atoms with E-state index in [4.69, 9.17) is 4.42 Å². The lowest BCUT2D eigenvalue weighted by molar-refractivity contribution is -0.123. The van der Waals surface area contributed by atoms with Gasteiger partial charge in [-0.05, 0) is 53.7 Å². The van der Waals surface area contributed by atoms with E-state index in [1.165, 1.54) is 24.3 Å². The van der Waals surface area contributed by atoms with Crippen molar-refractivity contribution in [1.82, 2.24) is 4.90 Å². The number of carbonyl (C=O) groups excluding carboxylic acids is 2. The van der Waals surface area contributed by atoms with Crippen molar-refractivity contribution in [2.45, 2.75) is 6.54 Å². The van der Waals surface area contributed by atoms with Gasteiger partial charge in [-0.15, -0.1) is 0 Å². The monoisotopic (exact) mass is 527 g/mol. The van der Waals surface area contributed by atoms with Crippen LogP contribution in [0.1, 0.15) is 32.0 Å². The minimum atomic E-state index is -1.27. The van der Waals surface area contributed by atoms with Gasteiger partial charge < -0.3 is 14.6 Å². The Morgan fingerprint density at radius 1 is 1.00 bits per heavy atom. The molecule has 4 rings (SSSR count). The van der Waals surface area contributed by atoms with E-state index >= 15 is 0 Å². The minimum Gasteiger partial charge on any atom is -0.478 e. The highest BCUT2D eigenvalue weighted by Gasteiger charge is 2.35. The smallest absolute Gasteiger partial charge is 0.335 e. The summed E-state index contributed by atoms with van der Waals surface area (Å²) in [5.74, 6) is -2.53. The maximum Gasteiger partial charge on any atom is 0.335 e. The van der Waals surface area contributed by atoms with Crippen LogP contribution in [0.15, 0.2) is 68.4 Å². The molecule has 33 heavy (non-hydrogen) atoms. The van der Waals surface area contributed by atoms with Crippen LogP contribution in [0.4, 0.5) is 4.79 Å². The second kappa shape index (κ2) is 9.08. The van der Waals surface area contributed by atoms with Gasteiger partial charge in [-0.3, -0.25) is 14.5 Å². The van der Waals surface area contributed by atoms with Gasteiger partial charge in [-0.2, -0.15) is 0 Å². The number of thioether (sulfide) groups is 1. The molecule has 2 amide bonds. The van der Waals surface area contributed by atoms with Crippen molar-refractivity contribution in [3.8, 4) is 11.3 Å². The summed E-state index contributed by atoms with van der Waals surface area (Å²) in [6.07, 6.45) is 1.42. The molecule has 0 aliphatic carbocycles. The van der Waals surface area contributed by atoms with Gasteiger partial charge in [0.15, 0.2) is 0 Å². The molecule has 3 aromatic rings. The highest BCUT2D eigenvalue weighted by atomic mass is 79.9. The molecular weight excluding hydrogens is 514 g/mol. The molecule has 0 unspecified atom stereocenters. The van der Waals surface area contributed by atoms with E-state index in [1.54, 1.807) is 6.07 Å². The Labute approximate surface area is 199 Å². The topological polar surface area (TPSA) is 125 Å². The predicted octanol–water partition coefficient (Wildman–Crippen LogP) is 5.34. The number of furan rings is 1. The number of carboxylic acid groups (broad SMARTS) is 2. The molecule has 2 aromatic carbocycles. The molecule has 1 aliphatic heterocycles. The van der Waals surface area contributed by atoms with Crippen LogP contribution in [0.5, 0.6) is 0 Å². The van der Waals surface area contributed by atoms with Crippen molar-refractivity contribution >= 4 is 56.9 Å². The summed E-state index contributed by atoms with van der Waals surface area (Å²) in [6.45, 7) is 0.118. The fraction of sp³-hybridized carbons (Fsp3) is 0.0435. The van der Waals surface area contributed by atoms with Crippen molar-refractivity contribution in [2.75, 3.05) is 0 Å². The molecule has 10 heteroatoms. The van der Waals surface area contributed by atoms with Crippen molar-refractivity contribution < 1.29 is 33.8 Å². The Kier molecular flexibility index (Phi) is 6.21. The average molecular weight is 528 g/mol. The van der Waals surface area contributed by atoms with Gasteiger partial charge >= 0.3 is 11.9 Å². The maximum absolute atomic E-state index is 12.8. The average Bonchev–Trinajstić information content (AvgIpc) is 3.35. The largest absolute Gasteiger partial charge is 0.478 e. The van der Waals surface area contributed by atoms with Gasteiger partial charge in [0.1, 0.15) is 11.5 Å². The predicted molar refractivity (Wildman–Crippen MR) is 124 cm³/mol. The standard InChI is InChI=1S/C23H14BrNO7S/c24-17-4-2-1-3-12(17)11-25-20(26)19(33-23(25)31)10-16-5-6-18(32-16)13-7-14(21(27)28)9-15(8-13)22(29)30/h1-10H,11H2,(H,27,28)(H,29,30)/b19-10-. The Morgan fingerprint density at radius 2 is 1.67 bits per heavy atom. The van der Waals surface area contributed by atoms with Crippen LogP contribution in [0, 0.1) is 0 Å². The van der Waals surface area contributed by atoms with Crippen LogP contribution in [0.25, 0.3) is 17.4 Å². The summed E-state index contributed by atoms with van der Waals surface area (Å²) in [7, 11) is 0. The molecular formula is C23H14BrNO7S. The number of halogens is 1. The van der Waals surface area contributed by atoms with Gasteiger partial charge in [0, 0.05) is 16.1 Å². The number of benzene rings is 2. The SMILES string of the molecule is O=C(O)c1cc(C(=O)O)cc(-c2ccc(/C=C3\SC(=O)N(Cc4ccccc4Br)C3=O)o2)c1. The Morgan fingerprint density at radius 3 is 2.30 bits per heavy atom. The highest BCUT2D eigenvalue weighted by Crippen LogP contribution is 2.35. The molecule has 0 saturated carbocycles. The number of nitrogens with zero attached hydrogens (tertiary/aromatic N) is 1. The lowest BCUT2D eigenvalue weighted by atomic mass is 10.0. The molecule has 1 saturated heterocycles. The molecule has 2 heterocycles. The van der Waals surface area contributed by atoms with Crippen LogP contribution in [0.2, 0.25) is 0 Å². The van der Waals surface area contributed by atoms with E-state index in [9.17, 15) is 29.4 Å². The molecule has 0 bridgehead atoms. The number of hydrogen-bond donors (Lipinski definition) is 2. The Hall–Kier alpha value is -3.63. The summed E-state index contributed by atoms with van der Waals surface area (Å²) >= 11 is 4.19. The number of hydrogen-bond acceptors (Lipinski definition) is 6. The minimum absolute atomic E-state index is 0.118. The first-order chi connectivity index (χ1) is 15.7. The van der Waals surface area contributed by atoms with E-state index in [0.29, 0.717) is 0 Å². The zero-order valence-electron chi connectivity index (χ0n) is 16.6. The zero-order chi connectivity index (χ0) is 23.7. The first kappa shape index (κ1) is 22.6. The van der Waals surface area contributed by atoms with E-state index < -0.39 is 23.1 Å². The van der Waals surface area contributed by atoms with Crippen LogP contribution in [-0.2, 0) is 11.3 Å². The molecule has 0 spiro atoms. The molecule has 1 aliphatic rings. The third kappa shape index (κ3) is 4.76. The summed E-state index contributed by atoms with van der Waals surface area (Å²) in [4.78, 5) is 49.2. The highest BCUT2D eigenvalue weighted by molar-refractivity contribution is 9.10. The first-order valence-corrected chi connectivity index (χ1v) is 11.0. The normalized spacial score (nSPS) is 14.8.